The number of hydrogen-bond acceptors (Lipinski definition) is 1. The molecule has 0 amide bonds. The normalized spacial score (nSPS) is 12.7. The van der Waals surface area contributed by atoms with Crippen molar-refractivity contribution in [3.8, 4) is 0 Å². The molecule has 0 aliphatic heterocycles. The van der Waals surface area contributed by atoms with Crippen LogP contribution in [0.25, 0.3) is 10.9 Å². The molecule has 1 aromatic heterocycles. The molecule has 1 unspecified atom stereocenters. The van der Waals surface area contributed by atoms with Crippen LogP contribution in [-0.2, 0) is 6.42 Å². The van der Waals surface area contributed by atoms with E-state index in [1.807, 2.05) is 18.2 Å². The number of H-pyrrole nitrogens is 1. The van der Waals surface area contributed by atoms with Crippen molar-refractivity contribution < 1.29 is 0 Å². The second kappa shape index (κ2) is 5.92. The second-order valence-electron chi connectivity index (χ2n) is 5.56. The van der Waals surface area contributed by atoms with Gasteiger partial charge in [-0.25, -0.2) is 0 Å². The molecular formula is C18H19ClN2. The molecule has 0 aliphatic rings. The van der Waals surface area contributed by atoms with Crippen molar-refractivity contribution in [1.82, 2.24) is 4.98 Å². The Labute approximate surface area is 129 Å². The van der Waals surface area contributed by atoms with E-state index in [9.17, 15) is 0 Å². The summed E-state index contributed by atoms with van der Waals surface area (Å²) in [5, 5.41) is 2.05. The molecule has 3 rings (SSSR count). The van der Waals surface area contributed by atoms with Crippen LogP contribution in [0.3, 0.4) is 0 Å². The molecule has 0 saturated carbocycles. The third kappa shape index (κ3) is 2.97. The van der Waals surface area contributed by atoms with Gasteiger partial charge in [-0.2, -0.15) is 0 Å². The number of aromatic nitrogens is 1. The van der Waals surface area contributed by atoms with Crippen molar-refractivity contribution in [3.63, 3.8) is 0 Å². The van der Waals surface area contributed by atoms with Crippen LogP contribution in [0.15, 0.2) is 48.7 Å². The topological polar surface area (TPSA) is 41.8 Å². The number of hydrogen-bond donors (Lipinski definition) is 2. The average molecular weight is 299 g/mol. The highest BCUT2D eigenvalue weighted by Gasteiger charge is 2.15. The van der Waals surface area contributed by atoms with E-state index in [4.69, 9.17) is 17.3 Å². The summed E-state index contributed by atoms with van der Waals surface area (Å²) in [5.74, 6) is 0.291. The Morgan fingerprint density at radius 3 is 2.81 bits per heavy atom. The highest BCUT2D eigenvalue weighted by molar-refractivity contribution is 6.30. The second-order valence-corrected chi connectivity index (χ2v) is 6.00. The van der Waals surface area contributed by atoms with Crippen molar-refractivity contribution in [2.45, 2.75) is 19.3 Å². The maximum Gasteiger partial charge on any atom is 0.0457 e. The lowest BCUT2D eigenvalue weighted by Crippen LogP contribution is -2.14. The first-order valence-electron chi connectivity index (χ1n) is 7.19. The minimum atomic E-state index is 0.291. The van der Waals surface area contributed by atoms with Gasteiger partial charge < -0.3 is 10.7 Å². The van der Waals surface area contributed by atoms with E-state index in [0.29, 0.717) is 12.5 Å². The molecule has 0 saturated heterocycles. The predicted molar refractivity (Wildman–Crippen MR) is 90.0 cm³/mol. The summed E-state index contributed by atoms with van der Waals surface area (Å²) in [5.41, 5.74) is 11.0. The predicted octanol–water partition coefficient (Wildman–Crippen LogP) is 4.41. The van der Waals surface area contributed by atoms with Crippen molar-refractivity contribution in [2.75, 3.05) is 6.54 Å². The van der Waals surface area contributed by atoms with Crippen molar-refractivity contribution in [2.24, 2.45) is 5.73 Å². The van der Waals surface area contributed by atoms with Gasteiger partial charge in [-0.05, 0) is 55.3 Å². The minimum Gasteiger partial charge on any atom is -0.361 e. The van der Waals surface area contributed by atoms with E-state index in [1.54, 1.807) is 0 Å². The number of benzene rings is 2. The molecule has 3 heteroatoms. The zero-order valence-electron chi connectivity index (χ0n) is 12.1. The molecule has 3 N–H and O–H groups in total. The summed E-state index contributed by atoms with van der Waals surface area (Å²) in [6.45, 7) is 2.73. The quantitative estimate of drug-likeness (QED) is 0.736. The van der Waals surface area contributed by atoms with Crippen LogP contribution >= 0.6 is 11.6 Å². The Kier molecular flexibility index (Phi) is 4.00. The van der Waals surface area contributed by atoms with E-state index >= 15 is 0 Å². The minimum absolute atomic E-state index is 0.291. The van der Waals surface area contributed by atoms with Gasteiger partial charge >= 0.3 is 0 Å². The number of nitrogens with one attached hydrogen (secondary N) is 1. The Bertz CT molecular complexity index is 761. The number of aromatic amines is 1. The Morgan fingerprint density at radius 2 is 2.05 bits per heavy atom. The van der Waals surface area contributed by atoms with Crippen molar-refractivity contribution in [3.05, 3.63) is 70.4 Å². The Hall–Kier alpha value is -1.77. The molecule has 108 valence electrons. The molecule has 1 atom stereocenters. The number of halogens is 1. The summed E-state index contributed by atoms with van der Waals surface area (Å²) in [7, 11) is 0. The molecule has 0 fully saturated rings. The third-order valence-corrected chi connectivity index (χ3v) is 4.20. The average Bonchev–Trinajstić information content (AvgIpc) is 2.88. The van der Waals surface area contributed by atoms with Gasteiger partial charge in [0.25, 0.3) is 0 Å². The monoisotopic (exact) mass is 298 g/mol. The number of aryl methyl sites for hydroxylation is 1. The van der Waals surface area contributed by atoms with Gasteiger partial charge in [0.2, 0.25) is 0 Å². The van der Waals surface area contributed by atoms with Gasteiger partial charge in [0.05, 0.1) is 0 Å². The molecule has 0 aliphatic carbocycles. The molecule has 21 heavy (non-hydrogen) atoms. The smallest absolute Gasteiger partial charge is 0.0457 e. The molecule has 3 aromatic rings. The fourth-order valence-corrected chi connectivity index (χ4v) is 3.08. The molecule has 0 radical (unpaired) electrons. The van der Waals surface area contributed by atoms with Gasteiger partial charge in [-0.3, -0.25) is 0 Å². The highest BCUT2D eigenvalue weighted by atomic mass is 35.5. The summed E-state index contributed by atoms with van der Waals surface area (Å²) in [6, 6.07) is 14.5. The van der Waals surface area contributed by atoms with Crippen LogP contribution in [0.4, 0.5) is 0 Å². The summed E-state index contributed by atoms with van der Waals surface area (Å²) < 4.78 is 0. The van der Waals surface area contributed by atoms with Crippen molar-refractivity contribution in [1.29, 1.82) is 0 Å². The molecule has 2 aromatic carbocycles. The molecular weight excluding hydrogens is 280 g/mol. The van der Waals surface area contributed by atoms with E-state index in [0.717, 1.165) is 11.4 Å². The van der Waals surface area contributed by atoms with E-state index in [2.05, 4.69) is 42.4 Å². The lowest BCUT2D eigenvalue weighted by molar-refractivity contribution is 0.699. The summed E-state index contributed by atoms with van der Waals surface area (Å²) >= 11 is 6.07. The number of rotatable bonds is 4. The first-order valence-corrected chi connectivity index (χ1v) is 7.57. The maximum absolute atomic E-state index is 6.07. The molecule has 0 spiro atoms. The van der Waals surface area contributed by atoms with Crippen LogP contribution < -0.4 is 5.73 Å². The van der Waals surface area contributed by atoms with Crippen LogP contribution in [0.1, 0.15) is 22.6 Å². The van der Waals surface area contributed by atoms with Crippen LogP contribution in [-0.4, -0.2) is 11.5 Å². The fraction of sp³-hybridized carbons (Fsp3) is 0.222. The van der Waals surface area contributed by atoms with Crippen molar-refractivity contribution >= 4 is 22.5 Å². The maximum atomic E-state index is 6.07. The molecule has 0 bridgehead atoms. The van der Waals surface area contributed by atoms with Crippen LogP contribution in [0.5, 0.6) is 0 Å². The number of fused-ring (bicyclic) bond motifs is 1. The van der Waals surface area contributed by atoms with E-state index in [-0.39, 0.29) is 0 Å². The summed E-state index contributed by atoms with van der Waals surface area (Å²) in [6.07, 6.45) is 2.99. The van der Waals surface area contributed by atoms with Gasteiger partial charge in [-0.1, -0.05) is 35.4 Å². The first-order chi connectivity index (χ1) is 10.2. The van der Waals surface area contributed by atoms with Crippen LogP contribution in [0, 0.1) is 6.92 Å². The summed E-state index contributed by atoms with van der Waals surface area (Å²) in [4.78, 5) is 3.35. The zero-order valence-corrected chi connectivity index (χ0v) is 12.8. The van der Waals surface area contributed by atoms with Gasteiger partial charge in [0.15, 0.2) is 0 Å². The Morgan fingerprint density at radius 1 is 1.19 bits per heavy atom. The first kappa shape index (κ1) is 14.2. The zero-order chi connectivity index (χ0) is 14.8. The highest BCUT2D eigenvalue weighted by Crippen LogP contribution is 2.29. The third-order valence-electron chi connectivity index (χ3n) is 3.96. The fourth-order valence-electron chi connectivity index (χ4n) is 2.86. The molecule has 2 nitrogen and oxygen atoms in total. The molecule has 1 heterocycles. The lowest BCUT2D eigenvalue weighted by atomic mass is 9.91. The van der Waals surface area contributed by atoms with Crippen LogP contribution in [0.2, 0.25) is 5.02 Å². The van der Waals surface area contributed by atoms with E-state index < -0.39 is 0 Å². The Balaban J connectivity index is 1.96. The van der Waals surface area contributed by atoms with Gasteiger partial charge in [0.1, 0.15) is 0 Å². The number of nitrogens with two attached hydrogens (primary N) is 1. The van der Waals surface area contributed by atoms with Gasteiger partial charge in [0, 0.05) is 28.0 Å². The SMILES string of the molecule is Cc1ccc2[nH]cc(C(CN)Cc3cccc(Cl)c3)c2c1. The largest absolute Gasteiger partial charge is 0.361 e. The van der Waals surface area contributed by atoms with Gasteiger partial charge in [-0.15, -0.1) is 0 Å². The lowest BCUT2D eigenvalue weighted by Gasteiger charge is -2.15. The standard InChI is InChI=1S/C18H19ClN2/c1-12-5-6-18-16(7-12)17(11-21-18)14(10-20)8-13-3-2-4-15(19)9-13/h2-7,9,11,14,21H,8,10,20H2,1H3. The van der Waals surface area contributed by atoms with E-state index in [1.165, 1.54) is 27.6 Å².